The van der Waals surface area contributed by atoms with E-state index in [2.05, 4.69) is 5.32 Å². The maximum atomic E-state index is 12.0. The van der Waals surface area contributed by atoms with Crippen LogP contribution >= 0.6 is 0 Å². The molecular weight excluding hydrogens is 318 g/mol. The number of esters is 1. The minimum absolute atomic E-state index is 0.0418. The van der Waals surface area contributed by atoms with Crippen molar-refractivity contribution in [2.24, 2.45) is 0 Å². The van der Waals surface area contributed by atoms with Gasteiger partial charge in [-0.15, -0.1) is 0 Å². The summed E-state index contributed by atoms with van der Waals surface area (Å²) in [6.45, 7) is 0.486. The lowest BCUT2D eigenvalue weighted by Gasteiger charge is -2.28. The van der Waals surface area contributed by atoms with Gasteiger partial charge in [0, 0.05) is 19.2 Å². The lowest BCUT2D eigenvalue weighted by molar-refractivity contribution is -0.384. The molecule has 0 spiro atoms. The Balaban J connectivity index is 1.98. The van der Waals surface area contributed by atoms with Gasteiger partial charge in [-0.2, -0.15) is 0 Å². The Morgan fingerprint density at radius 2 is 2.17 bits per heavy atom. The third kappa shape index (κ3) is 4.66. The summed E-state index contributed by atoms with van der Waals surface area (Å²) in [7, 11) is 0. The number of aliphatic hydroxyl groups excluding tert-OH is 1. The van der Waals surface area contributed by atoms with E-state index in [9.17, 15) is 19.7 Å². The molecule has 0 bridgehead atoms. The molecule has 0 fully saturated rings. The SMILES string of the molecule is O=C(CN1CC(=O)Oc2cc([N+](=O)[O-])ccc21)NCCCCCO. The fourth-order valence-electron chi connectivity index (χ4n) is 2.37. The minimum atomic E-state index is -0.577. The Kier molecular flexibility index (Phi) is 6.07. The largest absolute Gasteiger partial charge is 0.423 e. The summed E-state index contributed by atoms with van der Waals surface area (Å²) in [5.41, 5.74) is 0.285. The second kappa shape index (κ2) is 8.25. The molecule has 1 heterocycles. The van der Waals surface area contributed by atoms with Gasteiger partial charge in [-0.1, -0.05) is 0 Å². The summed E-state index contributed by atoms with van der Waals surface area (Å²) in [5, 5.41) is 22.2. The summed E-state index contributed by atoms with van der Waals surface area (Å²) in [6, 6.07) is 3.94. The normalized spacial score (nSPS) is 13.2. The first kappa shape index (κ1) is 17.7. The number of amides is 1. The van der Waals surface area contributed by atoms with Crippen LogP contribution in [-0.4, -0.2) is 48.1 Å². The number of nitrogens with one attached hydrogen (secondary N) is 1. The van der Waals surface area contributed by atoms with Crippen molar-refractivity contribution in [1.82, 2.24) is 5.32 Å². The highest BCUT2D eigenvalue weighted by Crippen LogP contribution is 2.34. The van der Waals surface area contributed by atoms with Crippen LogP contribution in [0.3, 0.4) is 0 Å². The average molecular weight is 337 g/mol. The number of aliphatic hydroxyl groups is 1. The molecule has 0 saturated heterocycles. The topological polar surface area (TPSA) is 122 Å². The van der Waals surface area contributed by atoms with Crippen molar-refractivity contribution in [2.45, 2.75) is 19.3 Å². The number of benzene rings is 1. The Morgan fingerprint density at radius 3 is 2.88 bits per heavy atom. The summed E-state index contributed by atoms with van der Waals surface area (Å²) in [6.07, 6.45) is 2.27. The van der Waals surface area contributed by atoms with Crippen LogP contribution in [0.5, 0.6) is 5.75 Å². The molecule has 1 aliphatic rings. The molecule has 0 atom stereocenters. The fraction of sp³-hybridized carbons (Fsp3) is 0.467. The second-order valence-electron chi connectivity index (χ2n) is 5.37. The molecule has 0 unspecified atom stereocenters. The van der Waals surface area contributed by atoms with Crippen LogP contribution in [0.2, 0.25) is 0 Å². The highest BCUT2D eigenvalue weighted by atomic mass is 16.6. The van der Waals surface area contributed by atoms with Gasteiger partial charge in [0.2, 0.25) is 5.91 Å². The van der Waals surface area contributed by atoms with E-state index in [1.165, 1.54) is 23.1 Å². The Hall–Kier alpha value is -2.68. The van der Waals surface area contributed by atoms with Gasteiger partial charge in [0.15, 0.2) is 5.75 Å². The Morgan fingerprint density at radius 1 is 1.38 bits per heavy atom. The van der Waals surface area contributed by atoms with E-state index in [1.807, 2.05) is 0 Å². The molecule has 0 aliphatic carbocycles. The number of carbonyl (C=O) groups excluding carboxylic acids is 2. The molecule has 0 saturated carbocycles. The number of unbranched alkanes of at least 4 members (excludes halogenated alkanes) is 2. The molecule has 9 nitrogen and oxygen atoms in total. The van der Waals surface area contributed by atoms with E-state index in [0.717, 1.165) is 12.8 Å². The number of hydrogen-bond donors (Lipinski definition) is 2. The molecule has 0 aromatic heterocycles. The summed E-state index contributed by atoms with van der Waals surface area (Å²) < 4.78 is 5.02. The first-order valence-corrected chi connectivity index (χ1v) is 7.63. The maximum absolute atomic E-state index is 12.0. The number of nitrogens with zero attached hydrogens (tertiary/aromatic N) is 2. The second-order valence-corrected chi connectivity index (χ2v) is 5.37. The Labute approximate surface area is 138 Å². The van der Waals surface area contributed by atoms with Crippen molar-refractivity contribution in [3.05, 3.63) is 28.3 Å². The van der Waals surface area contributed by atoms with Crippen molar-refractivity contribution in [3.8, 4) is 5.75 Å². The molecule has 2 rings (SSSR count). The molecule has 1 aromatic carbocycles. The standard InChI is InChI=1S/C15H19N3O6/c19-7-3-1-2-6-16-14(20)9-17-10-15(21)24-13-8-11(18(22)23)4-5-12(13)17/h4-5,8,19H,1-3,6-7,9-10H2,(H,16,20). The van der Waals surface area contributed by atoms with E-state index >= 15 is 0 Å². The van der Waals surface area contributed by atoms with E-state index in [4.69, 9.17) is 9.84 Å². The van der Waals surface area contributed by atoms with Crippen molar-refractivity contribution in [3.63, 3.8) is 0 Å². The smallest absolute Gasteiger partial charge is 0.331 e. The molecule has 1 aromatic rings. The number of carbonyl (C=O) groups is 2. The zero-order valence-corrected chi connectivity index (χ0v) is 13.1. The van der Waals surface area contributed by atoms with Gasteiger partial charge in [0.05, 0.1) is 23.2 Å². The van der Waals surface area contributed by atoms with Gasteiger partial charge in [0.25, 0.3) is 5.69 Å². The number of anilines is 1. The lowest BCUT2D eigenvalue weighted by Crippen LogP contribution is -2.43. The van der Waals surface area contributed by atoms with Gasteiger partial charge in [-0.05, 0) is 25.3 Å². The van der Waals surface area contributed by atoms with Gasteiger partial charge < -0.3 is 20.1 Å². The molecule has 1 amide bonds. The molecule has 1 aliphatic heterocycles. The van der Waals surface area contributed by atoms with E-state index in [1.54, 1.807) is 0 Å². The van der Waals surface area contributed by atoms with Crippen molar-refractivity contribution in [2.75, 3.05) is 31.1 Å². The Bertz CT molecular complexity index is 634. The first-order chi connectivity index (χ1) is 11.5. The van der Waals surface area contributed by atoms with Crippen LogP contribution in [0, 0.1) is 10.1 Å². The van der Waals surface area contributed by atoms with Crippen LogP contribution in [0.15, 0.2) is 18.2 Å². The van der Waals surface area contributed by atoms with Crippen molar-refractivity contribution < 1.29 is 24.4 Å². The zero-order valence-electron chi connectivity index (χ0n) is 13.1. The van der Waals surface area contributed by atoms with Crippen LogP contribution in [0.25, 0.3) is 0 Å². The minimum Gasteiger partial charge on any atom is -0.423 e. The van der Waals surface area contributed by atoms with Crippen LogP contribution < -0.4 is 15.0 Å². The van der Waals surface area contributed by atoms with E-state index in [-0.39, 0.29) is 37.0 Å². The highest BCUT2D eigenvalue weighted by molar-refractivity contribution is 5.89. The van der Waals surface area contributed by atoms with Gasteiger partial charge in [0.1, 0.15) is 6.54 Å². The van der Waals surface area contributed by atoms with E-state index in [0.29, 0.717) is 18.7 Å². The highest BCUT2D eigenvalue weighted by Gasteiger charge is 2.27. The predicted molar refractivity (Wildman–Crippen MR) is 84.9 cm³/mol. The summed E-state index contributed by atoms with van der Waals surface area (Å²) in [4.78, 5) is 35.4. The van der Waals surface area contributed by atoms with Gasteiger partial charge in [-0.25, -0.2) is 4.79 Å². The number of hydrogen-bond acceptors (Lipinski definition) is 7. The fourth-order valence-corrected chi connectivity index (χ4v) is 2.37. The number of non-ortho nitro benzene ring substituents is 1. The number of nitro groups is 1. The van der Waals surface area contributed by atoms with Crippen molar-refractivity contribution in [1.29, 1.82) is 0 Å². The van der Waals surface area contributed by atoms with Gasteiger partial charge in [-0.3, -0.25) is 14.9 Å². The quantitative estimate of drug-likeness (QED) is 0.234. The van der Waals surface area contributed by atoms with Crippen LogP contribution in [0.1, 0.15) is 19.3 Å². The molecule has 9 heteroatoms. The third-order valence-electron chi connectivity index (χ3n) is 3.53. The number of fused-ring (bicyclic) bond motifs is 1. The average Bonchev–Trinajstić information content (AvgIpc) is 2.53. The monoisotopic (exact) mass is 337 g/mol. The number of ether oxygens (including phenoxy) is 1. The van der Waals surface area contributed by atoms with Crippen LogP contribution in [-0.2, 0) is 9.59 Å². The molecule has 0 radical (unpaired) electrons. The van der Waals surface area contributed by atoms with Crippen LogP contribution in [0.4, 0.5) is 11.4 Å². The van der Waals surface area contributed by atoms with Gasteiger partial charge >= 0.3 is 5.97 Å². The van der Waals surface area contributed by atoms with Crippen molar-refractivity contribution >= 4 is 23.3 Å². The number of rotatable bonds is 8. The first-order valence-electron chi connectivity index (χ1n) is 7.63. The van der Waals surface area contributed by atoms with E-state index < -0.39 is 10.9 Å². The third-order valence-corrected chi connectivity index (χ3v) is 3.53. The zero-order chi connectivity index (χ0) is 17.5. The lowest BCUT2D eigenvalue weighted by atomic mass is 10.2. The molecular formula is C15H19N3O6. The summed E-state index contributed by atoms with van der Waals surface area (Å²) in [5.74, 6) is -0.743. The maximum Gasteiger partial charge on any atom is 0.331 e. The molecule has 24 heavy (non-hydrogen) atoms. The summed E-state index contributed by atoms with van der Waals surface area (Å²) >= 11 is 0. The molecule has 2 N–H and O–H groups in total. The number of nitro benzene ring substituents is 1. The molecule has 130 valence electrons. The predicted octanol–water partition coefficient (Wildman–Crippen LogP) is 0.599.